The summed E-state index contributed by atoms with van der Waals surface area (Å²) in [5.41, 5.74) is 2.15. The number of thiophene rings is 1. The van der Waals surface area contributed by atoms with Gasteiger partial charge in [0.15, 0.2) is 0 Å². The predicted octanol–water partition coefficient (Wildman–Crippen LogP) is 5.09. The number of anilines is 1. The van der Waals surface area contributed by atoms with E-state index in [4.69, 9.17) is 4.74 Å². The second-order valence-corrected chi connectivity index (χ2v) is 7.72. The number of carbonyl (C=O) groups is 2. The van der Waals surface area contributed by atoms with Crippen molar-refractivity contribution in [2.45, 2.75) is 6.54 Å². The van der Waals surface area contributed by atoms with Crippen molar-refractivity contribution in [2.24, 2.45) is 0 Å². The summed E-state index contributed by atoms with van der Waals surface area (Å²) < 4.78 is 6.48. The zero-order valence-corrected chi connectivity index (χ0v) is 17.2. The highest BCUT2D eigenvalue weighted by atomic mass is 32.1. The van der Waals surface area contributed by atoms with Crippen molar-refractivity contribution in [1.29, 1.82) is 0 Å². The molecule has 4 rings (SSSR count). The Hall–Kier alpha value is -3.64. The fraction of sp³-hybridized carbons (Fsp3) is 0.0833. The van der Waals surface area contributed by atoms with Crippen LogP contribution >= 0.6 is 11.3 Å². The first-order valence-electron chi connectivity index (χ1n) is 9.45. The van der Waals surface area contributed by atoms with Gasteiger partial charge in [0.1, 0.15) is 10.6 Å². The van der Waals surface area contributed by atoms with Crippen molar-refractivity contribution >= 4 is 38.9 Å². The fourth-order valence-corrected chi connectivity index (χ4v) is 4.28. The maximum atomic E-state index is 12.8. The van der Waals surface area contributed by atoms with Crippen LogP contribution in [0.15, 0.2) is 78.9 Å². The van der Waals surface area contributed by atoms with Crippen molar-refractivity contribution in [2.75, 3.05) is 12.4 Å². The zero-order valence-electron chi connectivity index (χ0n) is 16.3. The molecule has 1 aromatic heterocycles. The van der Waals surface area contributed by atoms with Gasteiger partial charge in [-0.05, 0) is 42.0 Å². The Morgan fingerprint density at radius 2 is 1.67 bits per heavy atom. The summed E-state index contributed by atoms with van der Waals surface area (Å²) >= 11 is 1.41. The van der Waals surface area contributed by atoms with Gasteiger partial charge in [0, 0.05) is 27.9 Å². The number of fused-ring (bicyclic) bond motifs is 1. The molecule has 2 N–H and O–H groups in total. The van der Waals surface area contributed by atoms with Crippen LogP contribution in [0.2, 0.25) is 0 Å². The Kier molecular flexibility index (Phi) is 5.77. The third-order valence-electron chi connectivity index (χ3n) is 4.63. The number of nitrogens with one attached hydrogen (secondary N) is 2. The first-order chi connectivity index (χ1) is 14.7. The molecule has 0 aliphatic carbocycles. The van der Waals surface area contributed by atoms with Gasteiger partial charge in [-0.3, -0.25) is 9.59 Å². The van der Waals surface area contributed by atoms with Crippen LogP contribution in [0.3, 0.4) is 0 Å². The number of hydrogen-bond acceptors (Lipinski definition) is 4. The molecule has 6 heteroatoms. The molecule has 3 aromatic carbocycles. The molecule has 0 spiro atoms. The lowest BCUT2D eigenvalue weighted by Gasteiger charge is -2.09. The van der Waals surface area contributed by atoms with Gasteiger partial charge in [-0.25, -0.2) is 0 Å². The Bertz CT molecular complexity index is 1200. The van der Waals surface area contributed by atoms with Crippen LogP contribution < -0.4 is 15.4 Å². The van der Waals surface area contributed by atoms with Crippen LogP contribution in [0.5, 0.6) is 5.75 Å². The number of hydrogen-bond donors (Lipinski definition) is 2. The van der Waals surface area contributed by atoms with E-state index < -0.39 is 0 Å². The van der Waals surface area contributed by atoms with Gasteiger partial charge in [-0.2, -0.15) is 0 Å². The summed E-state index contributed by atoms with van der Waals surface area (Å²) in [5, 5.41) is 6.76. The number of ether oxygens (including phenoxy) is 1. The molecule has 1 heterocycles. The number of rotatable bonds is 6. The fourth-order valence-electron chi connectivity index (χ4n) is 3.19. The summed E-state index contributed by atoms with van der Waals surface area (Å²) in [5.74, 6) is 0.232. The largest absolute Gasteiger partial charge is 0.494 e. The standard InChI is InChI=1S/C24H20N2O3S/c1-29-21-19-12-5-6-13-20(19)30-22(21)24(28)25-15-16-8-7-11-18(14-16)26-23(27)17-9-3-2-4-10-17/h2-14H,15H2,1H3,(H,25,28)(H,26,27). The lowest BCUT2D eigenvalue weighted by atomic mass is 10.1. The number of carbonyl (C=O) groups excluding carboxylic acids is 2. The normalized spacial score (nSPS) is 10.6. The summed E-state index contributed by atoms with van der Waals surface area (Å²) in [6.07, 6.45) is 0. The van der Waals surface area contributed by atoms with Crippen LogP contribution in [-0.4, -0.2) is 18.9 Å². The Labute approximate surface area is 178 Å². The number of amides is 2. The third-order valence-corrected chi connectivity index (χ3v) is 5.79. The van der Waals surface area contributed by atoms with E-state index in [9.17, 15) is 9.59 Å². The minimum Gasteiger partial charge on any atom is -0.494 e. The molecule has 5 nitrogen and oxygen atoms in total. The van der Waals surface area contributed by atoms with Gasteiger partial charge in [-0.15, -0.1) is 11.3 Å². The van der Waals surface area contributed by atoms with E-state index in [1.165, 1.54) is 11.3 Å². The molecular weight excluding hydrogens is 396 g/mol. The molecule has 0 aliphatic heterocycles. The average molecular weight is 417 g/mol. The van der Waals surface area contributed by atoms with E-state index in [1.807, 2.05) is 66.7 Å². The monoisotopic (exact) mass is 416 g/mol. The maximum absolute atomic E-state index is 12.8. The van der Waals surface area contributed by atoms with E-state index >= 15 is 0 Å². The van der Waals surface area contributed by atoms with E-state index in [1.54, 1.807) is 19.2 Å². The van der Waals surface area contributed by atoms with Crippen molar-refractivity contribution in [3.05, 3.63) is 94.9 Å². The SMILES string of the molecule is COc1c(C(=O)NCc2cccc(NC(=O)c3ccccc3)c2)sc2ccccc12. The lowest BCUT2D eigenvalue weighted by Crippen LogP contribution is -2.22. The molecule has 0 saturated heterocycles. The van der Waals surface area contributed by atoms with Gasteiger partial charge in [0.25, 0.3) is 11.8 Å². The molecule has 2 amide bonds. The topological polar surface area (TPSA) is 67.4 Å². The smallest absolute Gasteiger partial charge is 0.265 e. The highest BCUT2D eigenvalue weighted by Gasteiger charge is 2.18. The molecule has 0 aliphatic rings. The first-order valence-corrected chi connectivity index (χ1v) is 10.3. The Morgan fingerprint density at radius 1 is 0.900 bits per heavy atom. The molecule has 0 unspecified atom stereocenters. The van der Waals surface area contributed by atoms with E-state index in [0.717, 1.165) is 15.6 Å². The Morgan fingerprint density at radius 3 is 2.47 bits per heavy atom. The minimum atomic E-state index is -0.188. The summed E-state index contributed by atoms with van der Waals surface area (Å²) in [6.45, 7) is 0.339. The molecule has 0 radical (unpaired) electrons. The second-order valence-electron chi connectivity index (χ2n) is 6.66. The molecule has 4 aromatic rings. The summed E-state index contributed by atoms with van der Waals surface area (Å²) in [6, 6.07) is 24.2. The van der Waals surface area contributed by atoms with Crippen LogP contribution in [0.25, 0.3) is 10.1 Å². The highest BCUT2D eigenvalue weighted by Crippen LogP contribution is 2.37. The second kappa shape index (κ2) is 8.80. The van der Waals surface area contributed by atoms with E-state index in [0.29, 0.717) is 28.4 Å². The van der Waals surface area contributed by atoms with Crippen LogP contribution in [0.4, 0.5) is 5.69 Å². The van der Waals surface area contributed by atoms with Crippen LogP contribution in [0.1, 0.15) is 25.6 Å². The van der Waals surface area contributed by atoms with Crippen LogP contribution in [0, 0.1) is 0 Å². The molecule has 30 heavy (non-hydrogen) atoms. The van der Waals surface area contributed by atoms with E-state index in [2.05, 4.69) is 10.6 Å². The van der Waals surface area contributed by atoms with Crippen molar-refractivity contribution < 1.29 is 14.3 Å². The molecule has 150 valence electrons. The van der Waals surface area contributed by atoms with Gasteiger partial charge in [-0.1, -0.05) is 42.5 Å². The van der Waals surface area contributed by atoms with Gasteiger partial charge >= 0.3 is 0 Å². The number of methoxy groups -OCH3 is 1. The van der Waals surface area contributed by atoms with Crippen molar-refractivity contribution in [3.63, 3.8) is 0 Å². The summed E-state index contributed by atoms with van der Waals surface area (Å²) in [7, 11) is 1.57. The lowest BCUT2D eigenvalue weighted by molar-refractivity contribution is 0.0951. The molecule has 0 fully saturated rings. The summed E-state index contributed by atoms with van der Waals surface area (Å²) in [4.78, 5) is 25.7. The van der Waals surface area contributed by atoms with Crippen LogP contribution in [-0.2, 0) is 6.54 Å². The van der Waals surface area contributed by atoms with Gasteiger partial charge in [0.2, 0.25) is 0 Å². The van der Waals surface area contributed by atoms with Crippen molar-refractivity contribution in [1.82, 2.24) is 5.32 Å². The quantitative estimate of drug-likeness (QED) is 0.460. The van der Waals surface area contributed by atoms with E-state index in [-0.39, 0.29) is 11.8 Å². The number of benzene rings is 3. The first kappa shape index (κ1) is 19.7. The van der Waals surface area contributed by atoms with Crippen molar-refractivity contribution in [3.8, 4) is 5.75 Å². The zero-order chi connectivity index (χ0) is 20.9. The molecule has 0 atom stereocenters. The average Bonchev–Trinajstić information content (AvgIpc) is 3.17. The minimum absolute atomic E-state index is 0.174. The third kappa shape index (κ3) is 4.18. The molecule has 0 bridgehead atoms. The predicted molar refractivity (Wildman–Crippen MR) is 120 cm³/mol. The van der Waals surface area contributed by atoms with Gasteiger partial charge < -0.3 is 15.4 Å². The highest BCUT2D eigenvalue weighted by molar-refractivity contribution is 7.21. The molecule has 0 saturated carbocycles. The molecular formula is C24H20N2O3S. The Balaban J connectivity index is 1.45. The maximum Gasteiger partial charge on any atom is 0.265 e. The van der Waals surface area contributed by atoms with Gasteiger partial charge in [0.05, 0.1) is 7.11 Å².